The van der Waals surface area contributed by atoms with Crippen molar-refractivity contribution in [3.8, 4) is 16.8 Å². The second kappa shape index (κ2) is 8.87. The quantitative estimate of drug-likeness (QED) is 0.196. The standard InChI is InChI=1S/C42H23NO2S/c1-4-16-35-25(9-1)26-10-2-5-17-36(26)43(35)24-19-20-37-32(21-24)34-22-33-29-13-7-12-28(41(29)45-39(33)23-38(34)44-37)31-15-8-14-30-27-11-3-6-18-40(27)46-42(30)31/h1-23H. The van der Waals surface area contributed by atoms with Crippen molar-refractivity contribution < 1.29 is 8.83 Å². The SMILES string of the molecule is c1ccc2c(c1)sc1c(-c3cccc4c3oc3cc5oc6ccc(-n7c8ccccc8c8ccccc87)cc6c5cc34)cccc12. The zero-order valence-electron chi connectivity index (χ0n) is 24.5. The van der Waals surface area contributed by atoms with Crippen LogP contribution in [0.2, 0.25) is 0 Å². The van der Waals surface area contributed by atoms with Crippen LogP contribution in [-0.4, -0.2) is 4.57 Å². The van der Waals surface area contributed by atoms with Gasteiger partial charge in [-0.05, 0) is 42.5 Å². The van der Waals surface area contributed by atoms with E-state index in [1.807, 2.05) is 11.3 Å². The molecule has 0 radical (unpaired) electrons. The largest absolute Gasteiger partial charge is 0.456 e. The fourth-order valence-corrected chi connectivity index (χ4v) is 8.80. The minimum Gasteiger partial charge on any atom is -0.456 e. The van der Waals surface area contributed by atoms with E-state index in [1.165, 1.54) is 47.5 Å². The third-order valence-electron chi connectivity index (χ3n) is 9.60. The van der Waals surface area contributed by atoms with E-state index >= 15 is 0 Å². The summed E-state index contributed by atoms with van der Waals surface area (Å²) < 4.78 is 18.1. The Morgan fingerprint density at radius 2 is 1.04 bits per heavy atom. The fraction of sp³-hybridized carbons (Fsp3) is 0. The molecule has 0 N–H and O–H groups in total. The zero-order chi connectivity index (χ0) is 29.9. The Morgan fingerprint density at radius 3 is 1.87 bits per heavy atom. The summed E-state index contributed by atoms with van der Waals surface area (Å²) in [6.45, 7) is 0. The molecule has 3 nitrogen and oxygen atoms in total. The van der Waals surface area contributed by atoms with Crippen LogP contribution in [0.3, 0.4) is 0 Å². The normalized spacial score (nSPS) is 12.3. The van der Waals surface area contributed by atoms with Crippen LogP contribution in [0.25, 0.3) is 103 Å². The molecule has 4 heteroatoms. The Kier molecular flexibility index (Phi) is 4.72. The molecule has 0 fully saturated rings. The lowest BCUT2D eigenvalue weighted by Gasteiger charge is -2.08. The van der Waals surface area contributed by atoms with Gasteiger partial charge in [-0.25, -0.2) is 0 Å². The molecule has 0 aliphatic carbocycles. The number of nitrogens with zero attached hydrogens (tertiary/aromatic N) is 1. The average Bonchev–Trinajstić information content (AvgIpc) is 3.85. The summed E-state index contributed by atoms with van der Waals surface area (Å²) >= 11 is 1.85. The number of hydrogen-bond donors (Lipinski definition) is 0. The Labute approximate surface area is 266 Å². The average molecular weight is 606 g/mol. The van der Waals surface area contributed by atoms with Gasteiger partial charge in [0.2, 0.25) is 0 Å². The predicted octanol–water partition coefficient (Wildman–Crippen LogP) is 12.6. The lowest BCUT2D eigenvalue weighted by atomic mass is 10.00. The first kappa shape index (κ1) is 24.5. The van der Waals surface area contributed by atoms with Gasteiger partial charge >= 0.3 is 0 Å². The third kappa shape index (κ3) is 3.21. The van der Waals surface area contributed by atoms with Crippen molar-refractivity contribution in [2.24, 2.45) is 0 Å². The van der Waals surface area contributed by atoms with E-state index in [1.54, 1.807) is 0 Å². The minimum atomic E-state index is 0.828. The fourth-order valence-electron chi connectivity index (χ4n) is 7.57. The van der Waals surface area contributed by atoms with Crippen molar-refractivity contribution in [2.75, 3.05) is 0 Å². The summed E-state index contributed by atoms with van der Waals surface area (Å²) in [5.74, 6) is 0. The van der Waals surface area contributed by atoms with Crippen molar-refractivity contribution in [3.05, 3.63) is 140 Å². The van der Waals surface area contributed by atoms with Crippen LogP contribution >= 0.6 is 11.3 Å². The molecular formula is C42H23NO2S. The Hall–Kier alpha value is -5.84. The number of aromatic nitrogens is 1. The van der Waals surface area contributed by atoms with Gasteiger partial charge in [0.1, 0.15) is 22.3 Å². The van der Waals surface area contributed by atoms with Gasteiger partial charge in [-0.2, -0.15) is 0 Å². The molecule has 0 aliphatic rings. The van der Waals surface area contributed by atoms with Crippen LogP contribution in [0.15, 0.2) is 148 Å². The predicted molar refractivity (Wildman–Crippen MR) is 194 cm³/mol. The van der Waals surface area contributed by atoms with E-state index in [-0.39, 0.29) is 0 Å². The highest BCUT2D eigenvalue weighted by molar-refractivity contribution is 7.26. The summed E-state index contributed by atoms with van der Waals surface area (Å²) in [5.41, 5.74) is 9.26. The van der Waals surface area contributed by atoms with Gasteiger partial charge in [0.25, 0.3) is 0 Å². The molecule has 0 atom stereocenters. The van der Waals surface area contributed by atoms with E-state index < -0.39 is 0 Å². The van der Waals surface area contributed by atoms with Crippen molar-refractivity contribution >= 4 is 97.2 Å². The van der Waals surface area contributed by atoms with Crippen LogP contribution in [-0.2, 0) is 0 Å². The maximum absolute atomic E-state index is 6.68. The molecule has 11 aromatic rings. The van der Waals surface area contributed by atoms with Gasteiger partial charge < -0.3 is 13.4 Å². The number of benzene rings is 7. The summed E-state index contributed by atoms with van der Waals surface area (Å²) in [5, 5.41) is 9.48. The lowest BCUT2D eigenvalue weighted by Crippen LogP contribution is -1.93. The summed E-state index contributed by atoms with van der Waals surface area (Å²) in [7, 11) is 0. The van der Waals surface area contributed by atoms with E-state index in [0.717, 1.165) is 55.1 Å². The Morgan fingerprint density at radius 1 is 0.413 bits per heavy atom. The van der Waals surface area contributed by atoms with Gasteiger partial charge in [0, 0.05) is 75.4 Å². The number of hydrogen-bond acceptors (Lipinski definition) is 3. The van der Waals surface area contributed by atoms with Crippen LogP contribution in [0.5, 0.6) is 0 Å². The molecule has 0 spiro atoms. The van der Waals surface area contributed by atoms with Crippen molar-refractivity contribution in [1.29, 1.82) is 0 Å². The van der Waals surface area contributed by atoms with Gasteiger partial charge in [0.15, 0.2) is 0 Å². The first-order valence-electron chi connectivity index (χ1n) is 15.5. The highest BCUT2D eigenvalue weighted by Crippen LogP contribution is 2.45. The first-order chi connectivity index (χ1) is 22.8. The second-order valence-electron chi connectivity index (χ2n) is 12.1. The molecule has 0 saturated carbocycles. The maximum Gasteiger partial charge on any atom is 0.143 e. The molecule has 11 rings (SSSR count). The Bertz CT molecular complexity index is 2990. The third-order valence-corrected chi connectivity index (χ3v) is 10.8. The maximum atomic E-state index is 6.68. The van der Waals surface area contributed by atoms with Crippen LogP contribution in [0.1, 0.15) is 0 Å². The molecule has 0 bridgehead atoms. The van der Waals surface area contributed by atoms with E-state index in [2.05, 4.69) is 144 Å². The smallest absolute Gasteiger partial charge is 0.143 e. The van der Waals surface area contributed by atoms with Gasteiger partial charge in [0.05, 0.1) is 11.0 Å². The minimum absolute atomic E-state index is 0.828. The second-order valence-corrected chi connectivity index (χ2v) is 13.1. The number of thiophene rings is 1. The van der Waals surface area contributed by atoms with Crippen LogP contribution < -0.4 is 0 Å². The molecule has 0 unspecified atom stereocenters. The molecule has 0 saturated heterocycles. The number of para-hydroxylation sites is 3. The van der Waals surface area contributed by atoms with Crippen molar-refractivity contribution in [1.82, 2.24) is 4.57 Å². The summed E-state index contributed by atoms with van der Waals surface area (Å²) in [6, 6.07) is 49.8. The molecule has 4 aromatic heterocycles. The number of fused-ring (bicyclic) bond motifs is 12. The molecule has 0 aliphatic heterocycles. The lowest BCUT2D eigenvalue weighted by molar-refractivity contribution is 0.656. The summed E-state index contributed by atoms with van der Waals surface area (Å²) in [6.07, 6.45) is 0. The van der Waals surface area contributed by atoms with Crippen LogP contribution in [0.4, 0.5) is 0 Å². The topological polar surface area (TPSA) is 31.2 Å². The summed E-state index contributed by atoms with van der Waals surface area (Å²) in [4.78, 5) is 0. The molecular weight excluding hydrogens is 583 g/mol. The van der Waals surface area contributed by atoms with E-state index in [9.17, 15) is 0 Å². The van der Waals surface area contributed by atoms with Crippen LogP contribution in [0, 0.1) is 0 Å². The van der Waals surface area contributed by atoms with Gasteiger partial charge in [-0.1, -0.05) is 91.0 Å². The molecule has 7 aromatic carbocycles. The van der Waals surface area contributed by atoms with E-state index in [0.29, 0.717) is 0 Å². The van der Waals surface area contributed by atoms with Crippen molar-refractivity contribution in [2.45, 2.75) is 0 Å². The van der Waals surface area contributed by atoms with E-state index in [4.69, 9.17) is 8.83 Å². The van der Waals surface area contributed by atoms with Crippen molar-refractivity contribution in [3.63, 3.8) is 0 Å². The Balaban J connectivity index is 1.15. The monoisotopic (exact) mass is 605 g/mol. The highest BCUT2D eigenvalue weighted by atomic mass is 32.1. The molecule has 214 valence electrons. The molecule has 0 amide bonds. The first-order valence-corrected chi connectivity index (χ1v) is 16.3. The highest BCUT2D eigenvalue weighted by Gasteiger charge is 2.19. The molecule has 4 heterocycles. The molecule has 46 heavy (non-hydrogen) atoms. The zero-order valence-corrected chi connectivity index (χ0v) is 25.3. The van der Waals surface area contributed by atoms with Gasteiger partial charge in [-0.15, -0.1) is 11.3 Å². The number of rotatable bonds is 2. The van der Waals surface area contributed by atoms with Gasteiger partial charge in [-0.3, -0.25) is 0 Å². The number of furan rings is 2.